The van der Waals surface area contributed by atoms with Gasteiger partial charge in [-0.2, -0.15) is 0 Å². The van der Waals surface area contributed by atoms with E-state index in [9.17, 15) is 4.79 Å². The fourth-order valence-corrected chi connectivity index (χ4v) is 2.17. The predicted molar refractivity (Wildman–Crippen MR) is 84.6 cm³/mol. The molecule has 0 heterocycles. The van der Waals surface area contributed by atoms with Gasteiger partial charge in [-0.1, -0.05) is 81.5 Å². The predicted octanol–water partition coefficient (Wildman–Crippen LogP) is 4.83. The molecule has 1 heteroatoms. The van der Waals surface area contributed by atoms with E-state index in [4.69, 9.17) is 0 Å². The van der Waals surface area contributed by atoms with Gasteiger partial charge in [-0.3, -0.25) is 4.79 Å². The van der Waals surface area contributed by atoms with Crippen LogP contribution in [0.1, 0.15) is 31.1 Å². The van der Waals surface area contributed by atoms with Crippen LogP contribution in [0.2, 0.25) is 0 Å². The highest BCUT2D eigenvalue weighted by atomic mass is 16.1. The normalized spacial score (nSPS) is 25.5. The minimum Gasteiger partial charge on any atom is -0.289 e. The molecular formula is C19H22O. The van der Waals surface area contributed by atoms with E-state index >= 15 is 0 Å². The molecule has 0 N–H and O–H groups in total. The molecule has 0 atom stereocenters. The van der Waals surface area contributed by atoms with Crippen molar-refractivity contribution >= 4 is 5.78 Å². The number of hydrogen-bond acceptors (Lipinski definition) is 1. The minimum absolute atomic E-state index is 0.0598. The van der Waals surface area contributed by atoms with Gasteiger partial charge in [-0.05, 0) is 12.0 Å². The largest absolute Gasteiger partial charge is 0.289 e. The molecule has 0 spiro atoms. The highest BCUT2D eigenvalue weighted by molar-refractivity contribution is 6.04. The zero-order valence-electron chi connectivity index (χ0n) is 12.4. The summed E-state index contributed by atoms with van der Waals surface area (Å²) in [5.41, 5.74) is 0.868. The molecule has 0 aliphatic heterocycles. The van der Waals surface area contributed by atoms with Gasteiger partial charge in [0.15, 0.2) is 5.78 Å². The Morgan fingerprint density at radius 1 is 1.15 bits per heavy atom. The maximum atomic E-state index is 12.0. The van der Waals surface area contributed by atoms with Crippen LogP contribution in [0.3, 0.4) is 0 Å². The lowest BCUT2D eigenvalue weighted by Gasteiger charge is -2.30. The first kappa shape index (κ1) is 14.5. The fourth-order valence-electron chi connectivity index (χ4n) is 2.17. The van der Waals surface area contributed by atoms with Crippen LogP contribution in [0.15, 0.2) is 66.8 Å². The average molecular weight is 266 g/mol. The van der Waals surface area contributed by atoms with Crippen molar-refractivity contribution in [3.63, 3.8) is 0 Å². The second kappa shape index (κ2) is 6.04. The molecule has 1 nitrogen and oxygen atoms in total. The average Bonchev–Trinajstić information content (AvgIpc) is 2.47. The zero-order valence-corrected chi connectivity index (χ0v) is 12.4. The number of hydrogen-bond donors (Lipinski definition) is 0. The van der Waals surface area contributed by atoms with Gasteiger partial charge in [0.25, 0.3) is 0 Å². The molecule has 0 radical (unpaired) electrons. The second-order valence-corrected chi connectivity index (χ2v) is 5.91. The molecule has 2 rings (SSSR count). The molecular weight excluding hydrogens is 244 g/mol. The molecule has 0 aromatic heterocycles. The lowest BCUT2D eigenvalue weighted by Crippen LogP contribution is -2.20. The van der Waals surface area contributed by atoms with Crippen LogP contribution < -0.4 is 0 Å². The SMILES string of the molecule is CC(C)C1(C)C=CC(/C=C/C(=O)c2ccccc2)C=C1. The Morgan fingerprint density at radius 2 is 1.75 bits per heavy atom. The van der Waals surface area contributed by atoms with Gasteiger partial charge in [-0.25, -0.2) is 0 Å². The number of rotatable bonds is 4. The summed E-state index contributed by atoms with van der Waals surface area (Å²) in [6, 6.07) is 9.37. The maximum absolute atomic E-state index is 12.0. The maximum Gasteiger partial charge on any atom is 0.185 e. The highest BCUT2D eigenvalue weighted by Gasteiger charge is 2.24. The molecule has 0 saturated heterocycles. The molecule has 0 amide bonds. The molecule has 1 aromatic rings. The van der Waals surface area contributed by atoms with Crippen LogP contribution >= 0.6 is 0 Å². The summed E-state index contributed by atoms with van der Waals surface area (Å²) in [5, 5.41) is 0. The minimum atomic E-state index is 0.0598. The third-order valence-corrected chi connectivity index (χ3v) is 4.13. The Labute approximate surface area is 121 Å². The van der Waals surface area contributed by atoms with Gasteiger partial charge in [0.2, 0.25) is 0 Å². The van der Waals surface area contributed by atoms with E-state index in [2.05, 4.69) is 45.1 Å². The number of carbonyl (C=O) groups is 1. The summed E-state index contributed by atoms with van der Waals surface area (Å²) < 4.78 is 0. The van der Waals surface area contributed by atoms with E-state index in [1.807, 2.05) is 36.4 Å². The van der Waals surface area contributed by atoms with Crippen molar-refractivity contribution in [1.29, 1.82) is 0 Å². The smallest absolute Gasteiger partial charge is 0.185 e. The molecule has 20 heavy (non-hydrogen) atoms. The fraction of sp³-hybridized carbons (Fsp3) is 0.316. The third-order valence-electron chi connectivity index (χ3n) is 4.13. The molecule has 0 fully saturated rings. The van der Waals surface area contributed by atoms with E-state index in [0.717, 1.165) is 5.56 Å². The Kier molecular flexibility index (Phi) is 4.39. The summed E-state index contributed by atoms with van der Waals surface area (Å²) in [5.74, 6) is 0.852. The van der Waals surface area contributed by atoms with Crippen molar-refractivity contribution in [3.8, 4) is 0 Å². The van der Waals surface area contributed by atoms with E-state index < -0.39 is 0 Å². The molecule has 0 unspecified atom stereocenters. The summed E-state index contributed by atoms with van der Waals surface area (Å²) in [6.45, 7) is 6.69. The van der Waals surface area contributed by atoms with Crippen LogP contribution in [0.5, 0.6) is 0 Å². The van der Waals surface area contributed by atoms with Crippen LogP contribution in [-0.2, 0) is 0 Å². The van der Waals surface area contributed by atoms with Crippen LogP contribution in [-0.4, -0.2) is 5.78 Å². The van der Waals surface area contributed by atoms with Crippen LogP contribution in [0.25, 0.3) is 0 Å². The summed E-state index contributed by atoms with van der Waals surface area (Å²) in [7, 11) is 0. The van der Waals surface area contributed by atoms with Gasteiger partial charge >= 0.3 is 0 Å². The van der Waals surface area contributed by atoms with Crippen molar-refractivity contribution in [2.45, 2.75) is 20.8 Å². The summed E-state index contributed by atoms with van der Waals surface area (Å²) >= 11 is 0. The zero-order chi connectivity index (χ0) is 14.6. The van der Waals surface area contributed by atoms with Crippen LogP contribution in [0.4, 0.5) is 0 Å². The van der Waals surface area contributed by atoms with Gasteiger partial charge in [-0.15, -0.1) is 0 Å². The quantitative estimate of drug-likeness (QED) is 0.433. The van der Waals surface area contributed by atoms with Crippen molar-refractivity contribution in [2.24, 2.45) is 17.3 Å². The van der Waals surface area contributed by atoms with Crippen molar-refractivity contribution < 1.29 is 4.79 Å². The first-order valence-corrected chi connectivity index (χ1v) is 7.17. The van der Waals surface area contributed by atoms with Gasteiger partial charge in [0.1, 0.15) is 0 Å². The lowest BCUT2D eigenvalue weighted by atomic mass is 9.75. The van der Waals surface area contributed by atoms with Crippen molar-refractivity contribution in [3.05, 3.63) is 72.4 Å². The number of allylic oxidation sites excluding steroid dienone is 6. The molecule has 0 saturated carbocycles. The highest BCUT2D eigenvalue weighted by Crippen LogP contribution is 2.34. The molecule has 1 aliphatic carbocycles. The van der Waals surface area contributed by atoms with E-state index in [-0.39, 0.29) is 17.1 Å². The Bertz CT molecular complexity index is 532. The Hall–Kier alpha value is -1.89. The summed E-state index contributed by atoms with van der Waals surface area (Å²) in [4.78, 5) is 12.0. The third kappa shape index (κ3) is 3.36. The summed E-state index contributed by atoms with van der Waals surface area (Å²) in [6.07, 6.45) is 12.5. The monoisotopic (exact) mass is 266 g/mol. The molecule has 0 bridgehead atoms. The Balaban J connectivity index is 2.01. The van der Waals surface area contributed by atoms with Crippen LogP contribution in [0, 0.1) is 17.3 Å². The van der Waals surface area contributed by atoms with Gasteiger partial charge in [0, 0.05) is 16.9 Å². The molecule has 1 aliphatic rings. The topological polar surface area (TPSA) is 17.1 Å². The first-order valence-electron chi connectivity index (χ1n) is 7.17. The second-order valence-electron chi connectivity index (χ2n) is 5.91. The Morgan fingerprint density at radius 3 is 2.30 bits per heavy atom. The standard InChI is InChI=1S/C19H22O/c1-15(2)19(3)13-11-16(12-14-19)9-10-18(20)17-7-5-4-6-8-17/h4-16H,1-3H3/b10-9+. The molecule has 104 valence electrons. The number of benzene rings is 1. The number of ketones is 1. The van der Waals surface area contributed by atoms with Crippen molar-refractivity contribution in [2.75, 3.05) is 0 Å². The van der Waals surface area contributed by atoms with Gasteiger partial charge < -0.3 is 0 Å². The first-order chi connectivity index (χ1) is 9.51. The van der Waals surface area contributed by atoms with E-state index in [1.165, 1.54) is 0 Å². The van der Waals surface area contributed by atoms with E-state index in [0.29, 0.717) is 5.92 Å². The molecule has 1 aromatic carbocycles. The lowest BCUT2D eigenvalue weighted by molar-refractivity contribution is 0.104. The van der Waals surface area contributed by atoms with E-state index in [1.54, 1.807) is 6.08 Å². The van der Waals surface area contributed by atoms with Crippen molar-refractivity contribution in [1.82, 2.24) is 0 Å². The van der Waals surface area contributed by atoms with Gasteiger partial charge in [0.05, 0.1) is 0 Å². The number of carbonyl (C=O) groups excluding carboxylic acids is 1.